The van der Waals surface area contributed by atoms with Crippen LogP contribution in [0.5, 0.6) is 0 Å². The molecule has 46 heavy (non-hydrogen) atoms. The Hall–Kier alpha value is -2.60. The van der Waals surface area contributed by atoms with Crippen LogP contribution in [0.15, 0.2) is 0 Å². The van der Waals surface area contributed by atoms with Crippen molar-refractivity contribution < 1.29 is 49.9 Å². The summed E-state index contributed by atoms with van der Waals surface area (Å²) in [6.07, 6.45) is 4.37. The van der Waals surface area contributed by atoms with Crippen molar-refractivity contribution in [1.82, 2.24) is 33.6 Å². The lowest BCUT2D eigenvalue weighted by molar-refractivity contribution is -0.191. The number of urea groups is 2. The van der Waals surface area contributed by atoms with Crippen molar-refractivity contribution in [2.24, 2.45) is 0 Å². The van der Waals surface area contributed by atoms with Gasteiger partial charge in [0, 0.05) is 0 Å². The summed E-state index contributed by atoms with van der Waals surface area (Å²) in [6.45, 7) is 0. The lowest BCUT2D eigenvalue weighted by Crippen LogP contribution is -2.28. The number of carbonyl (C=O) groups is 4. The molecule has 18 nitrogen and oxygen atoms in total. The van der Waals surface area contributed by atoms with E-state index in [1.54, 1.807) is 12.1 Å². The van der Waals surface area contributed by atoms with Crippen LogP contribution in [0.3, 0.4) is 0 Å². The first-order chi connectivity index (χ1) is 19.5. The molecule has 0 bridgehead atoms. The Balaban J connectivity index is -0.0000000661. The second kappa shape index (κ2) is 44.5. The number of nitrogens with one attached hydrogen (secondary N) is 4. The average molecular weight is 741 g/mol. The maximum atomic E-state index is 10.9. The van der Waals surface area contributed by atoms with Gasteiger partial charge in [0.15, 0.2) is 0 Å². The van der Waals surface area contributed by atoms with E-state index >= 15 is 0 Å². The minimum absolute atomic E-state index is 0. The molecule has 0 radical (unpaired) electrons. The third-order valence-corrected chi connectivity index (χ3v) is 5.85. The van der Waals surface area contributed by atoms with Gasteiger partial charge in [-0.2, -0.15) is 70.6 Å². The maximum Gasteiger partial charge on any atom is 0.373 e. The van der Waals surface area contributed by atoms with Gasteiger partial charge >= 0.3 is 18.2 Å². The first-order valence-electron chi connectivity index (χ1n) is 12.3. The number of aliphatic hydroxyl groups excluding tert-OH is 2. The van der Waals surface area contributed by atoms with Gasteiger partial charge < -0.3 is 44.1 Å². The predicted molar refractivity (Wildman–Crippen MR) is 186 cm³/mol. The van der Waals surface area contributed by atoms with Crippen molar-refractivity contribution in [2.45, 2.75) is 83.1 Å². The van der Waals surface area contributed by atoms with Crippen LogP contribution in [0.4, 0.5) is 9.59 Å². The normalized spacial score (nSPS) is 15.7. The molecule has 4 atom stereocenters. The van der Waals surface area contributed by atoms with Crippen LogP contribution in [0.25, 0.3) is 0 Å². The number of thiol groups is 4. The van der Waals surface area contributed by atoms with Crippen LogP contribution in [-0.4, -0.2) is 98.5 Å². The van der Waals surface area contributed by atoms with E-state index in [0.29, 0.717) is 25.7 Å². The number of aliphatic hydroxyl groups is 2. The molecule has 16 N–H and O–H groups in total. The van der Waals surface area contributed by atoms with E-state index < -0.39 is 12.2 Å². The topological polar surface area (TPSA) is 372 Å². The number of nitrogens with zero attached hydrogens (tertiary/aromatic N) is 2. The maximum absolute atomic E-state index is 10.9. The minimum atomic E-state index is -0.790. The SMILES string of the molecule is C.N.N.N#CC(O)CCCS.N#CC(O)CCCS.O.O.O=C1NC(=O)C(CCCS)N1.O=C1NC(=O)C(CCCS)N1.O=C=O. The number of imide groups is 2. The van der Waals surface area contributed by atoms with Gasteiger partial charge in [-0.25, -0.2) is 9.59 Å². The number of rotatable bonds is 12. The summed E-state index contributed by atoms with van der Waals surface area (Å²) >= 11 is 15.8. The fourth-order valence-corrected chi connectivity index (χ4v) is 3.34. The molecule has 0 aromatic rings. The number of nitriles is 2. The molecule has 272 valence electrons. The van der Waals surface area contributed by atoms with Crippen molar-refractivity contribution in [3.63, 3.8) is 0 Å². The van der Waals surface area contributed by atoms with Crippen molar-refractivity contribution in [1.29, 1.82) is 10.5 Å². The molecular weight excluding hydrogens is 689 g/mol. The molecule has 2 aliphatic heterocycles. The zero-order valence-corrected chi connectivity index (χ0v) is 28.3. The molecular formula is C24H52N8O10S4. The fraction of sp³-hybridized carbons (Fsp3) is 0.708. The zero-order valence-electron chi connectivity index (χ0n) is 24.7. The van der Waals surface area contributed by atoms with Crippen molar-refractivity contribution in [3.05, 3.63) is 0 Å². The number of hydrogen-bond acceptors (Lipinski definition) is 16. The third-order valence-electron chi connectivity index (χ3n) is 4.59. The molecule has 2 aliphatic rings. The van der Waals surface area contributed by atoms with E-state index in [0.717, 1.165) is 48.7 Å². The van der Waals surface area contributed by atoms with Gasteiger partial charge in [0.05, 0.1) is 12.1 Å². The Morgan fingerprint density at radius 3 is 1.09 bits per heavy atom. The highest BCUT2D eigenvalue weighted by molar-refractivity contribution is 7.80. The number of hydrogen-bond donors (Lipinski definition) is 12. The lowest BCUT2D eigenvalue weighted by Gasteiger charge is -2.03. The highest BCUT2D eigenvalue weighted by Crippen LogP contribution is 2.03. The summed E-state index contributed by atoms with van der Waals surface area (Å²) < 4.78 is 0. The van der Waals surface area contributed by atoms with Crippen LogP contribution >= 0.6 is 50.5 Å². The van der Waals surface area contributed by atoms with E-state index in [-0.39, 0.29) is 72.8 Å². The lowest BCUT2D eigenvalue weighted by atomic mass is 10.2. The Bertz CT molecular complexity index is 828. The highest BCUT2D eigenvalue weighted by Gasteiger charge is 2.29. The van der Waals surface area contributed by atoms with Crippen molar-refractivity contribution in [2.75, 3.05) is 23.0 Å². The van der Waals surface area contributed by atoms with Gasteiger partial charge in [-0.3, -0.25) is 20.2 Å². The number of carbonyl (C=O) groups excluding carboxylic acids is 6. The second-order valence-corrected chi connectivity index (χ2v) is 9.66. The standard InChI is InChI=1S/2C6H10N2O2S.2C5H9NOS.CO2.CH4.2H3N.2H2O/c2*9-5-4(2-1-3-11)7-6(10)8-5;2*6-4-5(7)2-1-3-8;2-1-3;;;;;/h2*4,11H,1-3H2,(H2,7,8,9,10);2*5,7-8H,1-3H2;;1H4;2*1H3;2*1H2. The third kappa shape index (κ3) is 39.4. The predicted octanol–water partition coefficient (Wildman–Crippen LogP) is -0.302. The number of amides is 6. The smallest absolute Gasteiger partial charge is 0.373 e. The summed E-state index contributed by atoms with van der Waals surface area (Å²) in [5.74, 6) is 2.49. The molecule has 0 spiro atoms. The largest absolute Gasteiger partial charge is 0.412 e. The minimum Gasteiger partial charge on any atom is -0.412 e. The quantitative estimate of drug-likeness (QED) is 0.0697. The molecule has 6 amide bonds. The van der Waals surface area contributed by atoms with Gasteiger partial charge in [0.25, 0.3) is 11.8 Å². The fourth-order valence-electron chi connectivity index (χ4n) is 2.61. The van der Waals surface area contributed by atoms with Crippen LogP contribution in [0.2, 0.25) is 0 Å². The first kappa shape index (κ1) is 62.3. The molecule has 0 aromatic carbocycles. The van der Waals surface area contributed by atoms with Gasteiger partial charge in [0.2, 0.25) is 0 Å². The summed E-state index contributed by atoms with van der Waals surface area (Å²) in [4.78, 5) is 59.1. The van der Waals surface area contributed by atoms with E-state index in [9.17, 15) is 19.2 Å². The molecule has 0 saturated carbocycles. The molecule has 4 unspecified atom stereocenters. The summed E-state index contributed by atoms with van der Waals surface area (Å²) in [6, 6.07) is 1.99. The van der Waals surface area contributed by atoms with Crippen LogP contribution in [-0.2, 0) is 19.2 Å². The van der Waals surface area contributed by atoms with Crippen molar-refractivity contribution >= 4 is 80.5 Å². The van der Waals surface area contributed by atoms with Gasteiger partial charge in [-0.05, 0) is 74.4 Å². The monoisotopic (exact) mass is 740 g/mol. The Labute approximate surface area is 292 Å². The zero-order chi connectivity index (χ0) is 32.1. The van der Waals surface area contributed by atoms with Crippen molar-refractivity contribution in [3.8, 4) is 12.1 Å². The van der Waals surface area contributed by atoms with Gasteiger partial charge in [-0.1, -0.05) is 7.43 Å². The summed E-state index contributed by atoms with van der Waals surface area (Å²) in [5, 5.41) is 42.6. The molecule has 0 aromatic heterocycles. The second-order valence-electron chi connectivity index (χ2n) is 7.87. The van der Waals surface area contributed by atoms with Gasteiger partial charge in [-0.15, -0.1) is 0 Å². The molecule has 2 rings (SSSR count). The van der Waals surface area contributed by atoms with Crippen LogP contribution in [0.1, 0.15) is 58.8 Å². The molecule has 0 aliphatic carbocycles. The Morgan fingerprint density at radius 1 is 0.652 bits per heavy atom. The van der Waals surface area contributed by atoms with E-state index in [4.69, 9.17) is 30.3 Å². The average Bonchev–Trinajstić information content (AvgIpc) is 3.46. The van der Waals surface area contributed by atoms with Crippen LogP contribution in [0, 0.1) is 22.7 Å². The van der Waals surface area contributed by atoms with E-state index in [1.165, 1.54) is 0 Å². The van der Waals surface area contributed by atoms with E-state index in [2.05, 4.69) is 71.8 Å². The molecule has 22 heteroatoms. The van der Waals surface area contributed by atoms with E-state index in [1.807, 2.05) is 0 Å². The van der Waals surface area contributed by atoms with Crippen LogP contribution < -0.4 is 33.6 Å². The van der Waals surface area contributed by atoms with Gasteiger partial charge in [0.1, 0.15) is 24.3 Å². The molecule has 2 fully saturated rings. The molecule has 2 heterocycles. The highest BCUT2D eigenvalue weighted by atomic mass is 32.1. The summed E-state index contributed by atoms with van der Waals surface area (Å²) in [5.41, 5.74) is 0. The Kier molecular flexibility index (Phi) is 60.3. The Morgan fingerprint density at radius 2 is 0.913 bits per heavy atom. The first-order valence-corrected chi connectivity index (χ1v) is 14.8. The molecule has 2 saturated heterocycles. The summed E-state index contributed by atoms with van der Waals surface area (Å²) in [7, 11) is 0.